The molecule has 1 aliphatic heterocycles. The Hall–Kier alpha value is -2.88. The van der Waals surface area contributed by atoms with Crippen molar-refractivity contribution in [2.45, 2.75) is 246 Å². The number of nitrogens with two attached hydrogens (primary N) is 1. The van der Waals surface area contributed by atoms with E-state index in [1.165, 1.54) is 159 Å². The van der Waals surface area contributed by atoms with E-state index in [4.69, 9.17) is 24.7 Å². The fraction of sp³-hybridized carbons (Fsp3) is 0.733. The highest BCUT2D eigenvalue weighted by molar-refractivity contribution is 6.21. The molecule has 0 aliphatic carbocycles. The highest BCUT2D eigenvalue weighted by atomic mass is 16.7. The van der Waals surface area contributed by atoms with Crippen molar-refractivity contribution in [3.8, 4) is 0 Å². The van der Waals surface area contributed by atoms with Gasteiger partial charge in [0, 0.05) is 33.0 Å². The molecule has 2 unspecified atom stereocenters. The Balaban J connectivity index is 0.000000713. The molecule has 2 rings (SSSR count). The molecule has 0 saturated heterocycles. The largest absolute Gasteiger partial charge is 0.351 e. The average molecular weight is 949 g/mol. The number of unbranched alkanes of at least 4 members (excludes halogenated alkanes) is 24. The third-order valence-corrected chi connectivity index (χ3v) is 12.3. The van der Waals surface area contributed by atoms with Crippen molar-refractivity contribution in [1.29, 1.82) is 0 Å². The van der Waals surface area contributed by atoms with Gasteiger partial charge in [-0.1, -0.05) is 204 Å². The zero-order chi connectivity index (χ0) is 49.2. The maximum atomic E-state index is 12.8. The minimum absolute atomic E-state index is 0.141. The third-order valence-electron chi connectivity index (χ3n) is 12.3. The summed E-state index contributed by atoms with van der Waals surface area (Å²) in [7, 11) is 0. The molecule has 8 nitrogen and oxygen atoms in total. The molecule has 1 aromatic rings. The number of allylic oxidation sites excluding steroid dienone is 8. The van der Waals surface area contributed by atoms with Gasteiger partial charge in [0.15, 0.2) is 12.6 Å². The van der Waals surface area contributed by atoms with E-state index >= 15 is 0 Å². The SMILES string of the molecule is CCCCC/C=C\C/C=C\CCCCCCCCOC(CN)OCCCCCC.CCCCC/C=C\C/C=C\CCCCCCCCOC(CN1C(=O)c2ccccc2C1=O)OCCCCCC. The molecule has 0 saturated carbocycles. The van der Waals surface area contributed by atoms with Crippen LogP contribution in [0.4, 0.5) is 0 Å². The van der Waals surface area contributed by atoms with Gasteiger partial charge in [0.2, 0.25) is 0 Å². The Bertz CT molecular complexity index is 1370. The molecule has 390 valence electrons. The average Bonchev–Trinajstić information content (AvgIpc) is 3.59. The number of hydrogen-bond donors (Lipinski definition) is 1. The molecule has 8 heteroatoms. The molecule has 2 atom stereocenters. The lowest BCUT2D eigenvalue weighted by Crippen LogP contribution is -2.39. The standard InChI is InChI=1S/C34H53NO4.C26H51NO2/c1-3-5-7-9-10-11-12-13-14-15-16-17-18-19-20-24-28-39-32(38-27-23-8-6-4-2)29-35-33(36)30-25-21-22-26-31(30)34(35)37;1-3-5-7-9-10-11-12-13-14-15-16-17-18-19-20-22-24-29-26(25-27)28-23-21-8-6-4-2/h10-11,13-14,21-22,25-26,32H,3-9,12,15-20,23-24,27-29H2,1-2H3;10-11,13-14,26H,3-9,12,15-25,27H2,1-2H3/b2*11-10-,14-13-. The summed E-state index contributed by atoms with van der Waals surface area (Å²) in [5.41, 5.74) is 6.66. The summed E-state index contributed by atoms with van der Waals surface area (Å²) in [5.74, 6) is -0.514. The summed E-state index contributed by atoms with van der Waals surface area (Å²) >= 11 is 0. The predicted octanol–water partition coefficient (Wildman–Crippen LogP) is 16.7. The van der Waals surface area contributed by atoms with Gasteiger partial charge in [-0.25, -0.2) is 0 Å². The first-order valence-electron chi connectivity index (χ1n) is 28.2. The second-order valence-electron chi connectivity index (χ2n) is 18.6. The van der Waals surface area contributed by atoms with E-state index in [-0.39, 0.29) is 24.6 Å². The van der Waals surface area contributed by atoms with Gasteiger partial charge in [-0.2, -0.15) is 0 Å². The zero-order valence-electron chi connectivity index (χ0n) is 44.4. The van der Waals surface area contributed by atoms with Gasteiger partial charge in [0.1, 0.15) is 0 Å². The van der Waals surface area contributed by atoms with Crippen molar-refractivity contribution >= 4 is 11.8 Å². The molecular weight excluding hydrogens is 845 g/mol. The number of benzene rings is 1. The number of nitrogens with zero attached hydrogens (tertiary/aromatic N) is 1. The van der Waals surface area contributed by atoms with Gasteiger partial charge in [0.05, 0.1) is 17.7 Å². The maximum absolute atomic E-state index is 12.8. The van der Waals surface area contributed by atoms with E-state index < -0.39 is 6.29 Å². The molecule has 68 heavy (non-hydrogen) atoms. The first kappa shape index (κ1) is 63.1. The van der Waals surface area contributed by atoms with Crippen molar-refractivity contribution < 1.29 is 28.5 Å². The zero-order valence-corrected chi connectivity index (χ0v) is 44.4. The second-order valence-corrected chi connectivity index (χ2v) is 18.6. The van der Waals surface area contributed by atoms with E-state index in [9.17, 15) is 9.59 Å². The van der Waals surface area contributed by atoms with Crippen LogP contribution in [-0.2, 0) is 18.9 Å². The van der Waals surface area contributed by atoms with Crippen molar-refractivity contribution in [1.82, 2.24) is 4.90 Å². The van der Waals surface area contributed by atoms with Crippen LogP contribution < -0.4 is 5.73 Å². The van der Waals surface area contributed by atoms with Crippen molar-refractivity contribution in [3.05, 3.63) is 84.0 Å². The lowest BCUT2D eigenvalue weighted by atomic mass is 10.1. The summed E-state index contributed by atoms with van der Waals surface area (Å²) in [5, 5.41) is 0. The highest BCUT2D eigenvalue weighted by Crippen LogP contribution is 2.23. The fourth-order valence-electron chi connectivity index (χ4n) is 7.99. The topological polar surface area (TPSA) is 100 Å². The Labute approximate surface area is 418 Å². The van der Waals surface area contributed by atoms with Crippen molar-refractivity contribution in [2.75, 3.05) is 39.5 Å². The molecular formula is C60H104N2O6. The molecule has 0 spiro atoms. The minimum atomic E-state index is -0.577. The molecule has 1 aromatic carbocycles. The molecule has 0 bridgehead atoms. The van der Waals surface area contributed by atoms with Crippen LogP contribution >= 0.6 is 0 Å². The van der Waals surface area contributed by atoms with E-state index in [0.29, 0.717) is 30.9 Å². The second kappa shape index (κ2) is 49.1. The Morgan fingerprint density at radius 2 is 0.706 bits per heavy atom. The predicted molar refractivity (Wildman–Crippen MR) is 289 cm³/mol. The van der Waals surface area contributed by atoms with Gasteiger partial charge in [-0.3, -0.25) is 14.5 Å². The number of rotatable bonds is 47. The molecule has 1 heterocycles. The normalized spacial score (nSPS) is 13.8. The van der Waals surface area contributed by atoms with Gasteiger partial charge in [-0.05, 0) is 102 Å². The lowest BCUT2D eigenvalue weighted by molar-refractivity contribution is -0.148. The molecule has 1 aliphatic rings. The van der Waals surface area contributed by atoms with Gasteiger partial charge in [0.25, 0.3) is 11.8 Å². The minimum Gasteiger partial charge on any atom is -0.351 e. The first-order chi connectivity index (χ1) is 33.5. The monoisotopic (exact) mass is 949 g/mol. The molecule has 2 N–H and O–H groups in total. The fourth-order valence-corrected chi connectivity index (χ4v) is 7.99. The van der Waals surface area contributed by atoms with Gasteiger partial charge < -0.3 is 24.7 Å². The number of carbonyl (C=O) groups is 2. The first-order valence-corrected chi connectivity index (χ1v) is 28.2. The highest BCUT2D eigenvalue weighted by Gasteiger charge is 2.36. The molecule has 0 radical (unpaired) electrons. The molecule has 0 fully saturated rings. The Kier molecular flexibility index (Phi) is 45.6. The van der Waals surface area contributed by atoms with Crippen molar-refractivity contribution in [3.63, 3.8) is 0 Å². The maximum Gasteiger partial charge on any atom is 0.261 e. The quantitative estimate of drug-likeness (QED) is 0.0301. The van der Waals surface area contributed by atoms with Crippen LogP contribution in [0.15, 0.2) is 72.9 Å². The van der Waals surface area contributed by atoms with Gasteiger partial charge >= 0.3 is 0 Å². The smallest absolute Gasteiger partial charge is 0.261 e. The lowest BCUT2D eigenvalue weighted by Gasteiger charge is -2.23. The molecule has 2 amide bonds. The van der Waals surface area contributed by atoms with Crippen LogP contribution in [0.25, 0.3) is 0 Å². The third kappa shape index (κ3) is 36.1. The summed E-state index contributed by atoms with van der Waals surface area (Å²) in [6.45, 7) is 12.2. The Morgan fingerprint density at radius 1 is 0.412 bits per heavy atom. The van der Waals surface area contributed by atoms with Crippen LogP contribution in [0.3, 0.4) is 0 Å². The van der Waals surface area contributed by atoms with Crippen LogP contribution in [0.2, 0.25) is 0 Å². The van der Waals surface area contributed by atoms with Gasteiger partial charge in [-0.15, -0.1) is 0 Å². The van der Waals surface area contributed by atoms with Crippen molar-refractivity contribution in [2.24, 2.45) is 5.73 Å². The summed E-state index contributed by atoms with van der Waals surface area (Å²) in [6.07, 6.45) is 56.7. The van der Waals surface area contributed by atoms with Crippen LogP contribution in [-0.4, -0.2) is 68.8 Å². The van der Waals surface area contributed by atoms with E-state index in [1.54, 1.807) is 24.3 Å². The molecule has 0 aromatic heterocycles. The van der Waals surface area contributed by atoms with Crippen LogP contribution in [0.5, 0.6) is 0 Å². The van der Waals surface area contributed by atoms with E-state index in [0.717, 1.165) is 64.6 Å². The summed E-state index contributed by atoms with van der Waals surface area (Å²) in [4.78, 5) is 26.8. The van der Waals surface area contributed by atoms with Crippen LogP contribution in [0, 0.1) is 0 Å². The number of amides is 2. The summed E-state index contributed by atoms with van der Waals surface area (Å²) < 4.78 is 23.5. The number of ether oxygens (including phenoxy) is 4. The summed E-state index contributed by atoms with van der Waals surface area (Å²) in [6, 6.07) is 7.00. The number of carbonyl (C=O) groups excluding carboxylic acids is 2. The van der Waals surface area contributed by atoms with Crippen LogP contribution in [0.1, 0.15) is 254 Å². The Morgan fingerprint density at radius 3 is 1.06 bits per heavy atom. The van der Waals surface area contributed by atoms with E-state index in [2.05, 4.69) is 76.3 Å². The number of hydrogen-bond acceptors (Lipinski definition) is 7. The van der Waals surface area contributed by atoms with E-state index in [1.807, 2.05) is 0 Å². The number of imide groups is 1. The number of fused-ring (bicyclic) bond motifs is 1.